The van der Waals surface area contributed by atoms with Crippen LogP contribution >= 0.6 is 34.4 Å². The van der Waals surface area contributed by atoms with Crippen LogP contribution in [0, 0.1) is 3.57 Å². The smallest absolute Gasteiger partial charge is 0.244 e. The van der Waals surface area contributed by atoms with Gasteiger partial charge in [0.1, 0.15) is 0 Å². The fourth-order valence-electron chi connectivity index (χ4n) is 2.60. The van der Waals surface area contributed by atoms with Crippen LogP contribution in [-0.4, -0.2) is 42.3 Å². The summed E-state index contributed by atoms with van der Waals surface area (Å²) >= 11 is 3.61. The molecule has 1 amide bonds. The second kappa shape index (κ2) is 5.54. The molecule has 0 bridgehead atoms. The predicted octanol–water partition coefficient (Wildman–Crippen LogP) is 1.91. The van der Waals surface area contributed by atoms with Crippen molar-refractivity contribution in [2.75, 3.05) is 16.4 Å². The molecule has 2 aliphatic heterocycles. The number of hydrogen-bond donors (Lipinski definition) is 0. The van der Waals surface area contributed by atoms with E-state index in [0.717, 1.165) is 9.26 Å². The Balaban J connectivity index is 2.02. The molecular formula is C13H13IN2O3S2. The van der Waals surface area contributed by atoms with E-state index in [-0.39, 0.29) is 28.7 Å². The number of nitrogens with zero attached hydrogens (tertiary/aromatic N) is 2. The second-order valence-corrected chi connectivity index (χ2v) is 9.67. The number of thioether (sulfide) groups is 1. The molecule has 5 nitrogen and oxygen atoms in total. The van der Waals surface area contributed by atoms with Crippen LogP contribution in [0.5, 0.6) is 0 Å². The van der Waals surface area contributed by atoms with Gasteiger partial charge in [0.25, 0.3) is 0 Å². The molecule has 0 radical (unpaired) electrons. The van der Waals surface area contributed by atoms with Gasteiger partial charge in [0.15, 0.2) is 15.0 Å². The first-order valence-corrected chi connectivity index (χ1v) is 10.1. The molecule has 3 rings (SSSR count). The van der Waals surface area contributed by atoms with Gasteiger partial charge in [0.2, 0.25) is 5.91 Å². The van der Waals surface area contributed by atoms with Gasteiger partial charge in [-0.05, 0) is 46.9 Å². The molecule has 1 aromatic rings. The summed E-state index contributed by atoms with van der Waals surface area (Å²) in [5.74, 6) is 0.00379. The summed E-state index contributed by atoms with van der Waals surface area (Å²) in [6.07, 6.45) is 0. The maximum Gasteiger partial charge on any atom is 0.244 e. The lowest BCUT2D eigenvalue weighted by atomic mass is 10.2. The number of anilines is 1. The third-order valence-corrected chi connectivity index (χ3v) is 7.35. The van der Waals surface area contributed by atoms with Crippen molar-refractivity contribution in [3.8, 4) is 0 Å². The molecule has 0 aliphatic carbocycles. The van der Waals surface area contributed by atoms with Gasteiger partial charge in [-0.25, -0.2) is 8.42 Å². The van der Waals surface area contributed by atoms with Gasteiger partial charge in [0, 0.05) is 21.4 Å². The molecule has 0 saturated carbocycles. The van der Waals surface area contributed by atoms with Crippen molar-refractivity contribution in [3.05, 3.63) is 27.8 Å². The fourth-order valence-corrected chi connectivity index (χ4v) is 6.92. The topological polar surface area (TPSA) is 66.8 Å². The Morgan fingerprint density at radius 2 is 2.00 bits per heavy atom. The lowest BCUT2D eigenvalue weighted by Gasteiger charge is -2.24. The Bertz CT molecular complexity index is 715. The molecule has 2 fully saturated rings. The minimum absolute atomic E-state index is 0.0487. The first kappa shape index (κ1) is 15.3. The summed E-state index contributed by atoms with van der Waals surface area (Å²) in [6.45, 7) is 1.41. The number of aliphatic imine (C=N–C) groups is 1. The molecule has 112 valence electrons. The summed E-state index contributed by atoms with van der Waals surface area (Å²) in [4.78, 5) is 17.3. The molecule has 2 saturated heterocycles. The predicted molar refractivity (Wildman–Crippen MR) is 93.6 cm³/mol. The van der Waals surface area contributed by atoms with E-state index < -0.39 is 9.84 Å². The summed E-state index contributed by atoms with van der Waals surface area (Å²) in [7, 11) is -3.01. The Morgan fingerprint density at radius 1 is 1.33 bits per heavy atom. The van der Waals surface area contributed by atoms with Crippen molar-refractivity contribution < 1.29 is 13.2 Å². The molecular weight excluding hydrogens is 423 g/mol. The summed E-state index contributed by atoms with van der Waals surface area (Å²) in [6, 6.07) is 7.65. The van der Waals surface area contributed by atoms with E-state index in [9.17, 15) is 13.2 Å². The Morgan fingerprint density at radius 3 is 2.62 bits per heavy atom. The van der Waals surface area contributed by atoms with E-state index in [1.165, 1.54) is 18.7 Å². The normalized spacial score (nSPS) is 28.9. The molecule has 21 heavy (non-hydrogen) atoms. The first-order chi connectivity index (χ1) is 9.85. The first-order valence-electron chi connectivity index (χ1n) is 6.37. The van der Waals surface area contributed by atoms with Crippen LogP contribution in [0.1, 0.15) is 6.92 Å². The van der Waals surface area contributed by atoms with E-state index in [4.69, 9.17) is 0 Å². The van der Waals surface area contributed by atoms with Crippen LogP contribution in [0.4, 0.5) is 5.69 Å². The highest BCUT2D eigenvalue weighted by Crippen LogP contribution is 2.40. The molecule has 0 aromatic heterocycles. The number of amides is 1. The van der Waals surface area contributed by atoms with Crippen molar-refractivity contribution in [3.63, 3.8) is 0 Å². The maximum atomic E-state index is 11.9. The highest BCUT2D eigenvalue weighted by molar-refractivity contribution is 14.1. The minimum Gasteiger partial charge on any atom is -0.316 e. The van der Waals surface area contributed by atoms with Gasteiger partial charge in [-0.2, -0.15) is 4.99 Å². The number of halogens is 1. The number of sulfone groups is 1. The lowest BCUT2D eigenvalue weighted by molar-refractivity contribution is -0.115. The summed E-state index contributed by atoms with van der Waals surface area (Å²) in [5, 5.41) is 0.556. The zero-order valence-electron chi connectivity index (χ0n) is 11.2. The number of benzene rings is 1. The van der Waals surface area contributed by atoms with E-state index in [0.29, 0.717) is 5.17 Å². The number of carbonyl (C=O) groups is 1. The van der Waals surface area contributed by atoms with Gasteiger partial charge in [0.05, 0.1) is 17.5 Å². The van der Waals surface area contributed by atoms with Crippen molar-refractivity contribution in [1.82, 2.24) is 0 Å². The zero-order valence-corrected chi connectivity index (χ0v) is 15.0. The number of hydrogen-bond acceptors (Lipinski definition) is 4. The van der Waals surface area contributed by atoms with E-state index >= 15 is 0 Å². The zero-order chi connectivity index (χ0) is 15.2. The average molecular weight is 436 g/mol. The largest absolute Gasteiger partial charge is 0.316 e. The van der Waals surface area contributed by atoms with Gasteiger partial charge >= 0.3 is 0 Å². The average Bonchev–Trinajstić information content (AvgIpc) is 2.81. The van der Waals surface area contributed by atoms with E-state index in [1.807, 2.05) is 29.2 Å². The third kappa shape index (κ3) is 3.11. The van der Waals surface area contributed by atoms with Gasteiger partial charge in [-0.3, -0.25) is 4.79 Å². The van der Waals surface area contributed by atoms with Crippen LogP contribution in [0.15, 0.2) is 29.3 Å². The standard InChI is InChI=1S/C13H13IN2O3S2/c1-8(17)15-13-16(10-4-2-9(14)3-5-10)11-6-21(18,19)7-12(11)20-13/h2-5,11-12H,6-7H2,1H3. The van der Waals surface area contributed by atoms with Crippen LogP contribution < -0.4 is 4.90 Å². The quantitative estimate of drug-likeness (QED) is 0.630. The molecule has 0 spiro atoms. The van der Waals surface area contributed by atoms with E-state index in [1.54, 1.807) is 0 Å². The monoisotopic (exact) mass is 436 g/mol. The molecule has 0 N–H and O–H groups in total. The van der Waals surface area contributed by atoms with Crippen molar-refractivity contribution >= 4 is 61.0 Å². The third-order valence-electron chi connectivity index (χ3n) is 3.42. The number of amidine groups is 1. The maximum absolute atomic E-state index is 11.9. The van der Waals surface area contributed by atoms with E-state index in [2.05, 4.69) is 27.6 Å². The highest BCUT2D eigenvalue weighted by Gasteiger charge is 2.49. The fraction of sp³-hybridized carbons (Fsp3) is 0.385. The van der Waals surface area contributed by atoms with Gasteiger partial charge in [-0.15, -0.1) is 0 Å². The lowest BCUT2D eigenvalue weighted by Crippen LogP contribution is -2.37. The second-order valence-electron chi connectivity index (χ2n) is 5.06. The molecule has 2 unspecified atom stereocenters. The minimum atomic E-state index is -3.01. The van der Waals surface area contributed by atoms with Crippen molar-refractivity contribution in [1.29, 1.82) is 0 Å². The number of fused-ring (bicyclic) bond motifs is 1. The molecule has 2 atom stereocenters. The Labute approximate surface area is 141 Å². The Hall–Kier alpha value is -0.610. The molecule has 1 aromatic carbocycles. The van der Waals surface area contributed by atoms with Gasteiger partial charge < -0.3 is 4.90 Å². The van der Waals surface area contributed by atoms with Crippen LogP contribution in [0.25, 0.3) is 0 Å². The van der Waals surface area contributed by atoms with Crippen molar-refractivity contribution in [2.45, 2.75) is 18.2 Å². The molecule has 2 aliphatic rings. The number of rotatable bonds is 1. The summed E-state index contributed by atoms with van der Waals surface area (Å²) in [5.41, 5.74) is 0.882. The summed E-state index contributed by atoms with van der Waals surface area (Å²) < 4.78 is 24.8. The van der Waals surface area contributed by atoms with Gasteiger partial charge in [-0.1, -0.05) is 11.8 Å². The molecule has 2 heterocycles. The molecule has 8 heteroatoms. The van der Waals surface area contributed by atoms with Crippen LogP contribution in [0.3, 0.4) is 0 Å². The number of carbonyl (C=O) groups excluding carboxylic acids is 1. The van der Waals surface area contributed by atoms with Crippen molar-refractivity contribution in [2.24, 2.45) is 4.99 Å². The SMILES string of the molecule is CC(=O)N=C1SC2CS(=O)(=O)CC2N1c1ccc(I)cc1. The highest BCUT2D eigenvalue weighted by atomic mass is 127. The van der Waals surface area contributed by atoms with Crippen LogP contribution in [-0.2, 0) is 14.6 Å². The Kier molecular flexibility index (Phi) is 4.04. The van der Waals surface area contributed by atoms with Crippen LogP contribution in [0.2, 0.25) is 0 Å².